The number of likely N-dealkylation sites (N-methyl/N-ethyl adjacent to an activating group) is 1. The largest absolute Gasteiger partial charge is 0.338 e. The molecule has 0 amide bonds. The van der Waals surface area contributed by atoms with E-state index >= 15 is 0 Å². The molecule has 2 aromatic carbocycles. The number of hydrogen-bond acceptors (Lipinski definition) is 8. The van der Waals surface area contributed by atoms with Crippen molar-refractivity contribution in [2.24, 2.45) is 0 Å². The van der Waals surface area contributed by atoms with Crippen LogP contribution in [0.3, 0.4) is 0 Å². The van der Waals surface area contributed by atoms with Crippen LogP contribution in [0, 0.1) is 6.92 Å². The van der Waals surface area contributed by atoms with Gasteiger partial charge in [-0.2, -0.15) is 15.2 Å². The van der Waals surface area contributed by atoms with Gasteiger partial charge in [-0.05, 0) is 43.3 Å². The molecule has 8 nitrogen and oxygen atoms in total. The van der Waals surface area contributed by atoms with Gasteiger partial charge in [0.2, 0.25) is 5.95 Å². The summed E-state index contributed by atoms with van der Waals surface area (Å²) < 4.78 is 0. The smallest absolute Gasteiger partial charge is 0.229 e. The lowest BCUT2D eigenvalue weighted by Gasteiger charge is -2.32. The number of benzene rings is 2. The van der Waals surface area contributed by atoms with E-state index in [0.29, 0.717) is 11.8 Å². The van der Waals surface area contributed by atoms with Crippen molar-refractivity contribution in [2.45, 2.75) is 13.5 Å². The highest BCUT2D eigenvalue weighted by Crippen LogP contribution is 2.25. The van der Waals surface area contributed by atoms with E-state index in [1.807, 2.05) is 31.2 Å². The summed E-state index contributed by atoms with van der Waals surface area (Å²) >= 11 is 0. The number of nitrogens with one attached hydrogen (secondary N) is 2. The van der Waals surface area contributed by atoms with Crippen LogP contribution in [0.4, 0.5) is 23.1 Å². The molecule has 2 aromatic heterocycles. The maximum atomic E-state index is 4.62. The van der Waals surface area contributed by atoms with E-state index in [-0.39, 0.29) is 0 Å². The van der Waals surface area contributed by atoms with E-state index in [9.17, 15) is 0 Å². The molecule has 1 aliphatic heterocycles. The molecular weight excluding hydrogens is 412 g/mol. The van der Waals surface area contributed by atoms with E-state index < -0.39 is 0 Å². The first-order chi connectivity index (χ1) is 16.1. The first-order valence-electron chi connectivity index (χ1n) is 11.2. The monoisotopic (exact) mass is 440 g/mol. The van der Waals surface area contributed by atoms with Crippen LogP contribution in [0.5, 0.6) is 0 Å². The van der Waals surface area contributed by atoms with Gasteiger partial charge in [-0.1, -0.05) is 30.3 Å². The third kappa shape index (κ3) is 5.08. The van der Waals surface area contributed by atoms with Crippen molar-refractivity contribution < 1.29 is 0 Å². The molecule has 0 unspecified atom stereocenters. The fraction of sp³-hybridized carbons (Fsp3) is 0.280. The second-order valence-electron chi connectivity index (χ2n) is 8.52. The molecule has 8 heteroatoms. The van der Waals surface area contributed by atoms with Crippen LogP contribution in [0.1, 0.15) is 11.1 Å². The molecular formula is C25H28N8. The summed E-state index contributed by atoms with van der Waals surface area (Å²) in [6.45, 7) is 7.51. The highest BCUT2D eigenvalue weighted by molar-refractivity contribution is 5.93. The first kappa shape index (κ1) is 21.2. The van der Waals surface area contributed by atoms with Crippen molar-refractivity contribution in [3.05, 3.63) is 72.1 Å². The second-order valence-corrected chi connectivity index (χ2v) is 8.52. The Morgan fingerprint density at radius 2 is 1.76 bits per heavy atom. The second kappa shape index (κ2) is 9.48. The zero-order valence-electron chi connectivity index (χ0n) is 19.0. The summed E-state index contributed by atoms with van der Waals surface area (Å²) in [6, 6.07) is 16.4. The van der Waals surface area contributed by atoms with Gasteiger partial charge in [0.05, 0.1) is 17.4 Å². The Kier molecular flexibility index (Phi) is 6.10. The predicted molar refractivity (Wildman–Crippen MR) is 132 cm³/mol. The molecule has 1 fully saturated rings. The van der Waals surface area contributed by atoms with Gasteiger partial charge in [-0.3, -0.25) is 4.90 Å². The lowest BCUT2D eigenvalue weighted by Crippen LogP contribution is -2.43. The van der Waals surface area contributed by atoms with E-state index in [1.165, 1.54) is 5.56 Å². The minimum atomic E-state index is 0.536. The van der Waals surface area contributed by atoms with E-state index in [1.54, 1.807) is 12.4 Å². The van der Waals surface area contributed by atoms with E-state index in [2.05, 4.69) is 71.9 Å². The SMILES string of the molecule is Cc1cccc2c(Nc3ccnc(Nc4ccc(CN5CCN(C)CC5)cc4)n3)cnnc12. The highest BCUT2D eigenvalue weighted by atomic mass is 15.2. The van der Waals surface area contributed by atoms with Crippen molar-refractivity contribution in [3.63, 3.8) is 0 Å². The van der Waals surface area contributed by atoms with Gasteiger partial charge in [0, 0.05) is 50.0 Å². The molecule has 33 heavy (non-hydrogen) atoms. The number of rotatable bonds is 6. The molecule has 2 N–H and O–H groups in total. The lowest BCUT2D eigenvalue weighted by atomic mass is 10.1. The molecule has 168 valence electrons. The Hall–Kier alpha value is -3.62. The molecule has 1 aliphatic rings. The highest BCUT2D eigenvalue weighted by Gasteiger charge is 2.13. The normalized spacial score (nSPS) is 15.0. The number of hydrogen-bond donors (Lipinski definition) is 2. The molecule has 3 heterocycles. The lowest BCUT2D eigenvalue weighted by molar-refractivity contribution is 0.148. The molecule has 0 saturated carbocycles. The minimum absolute atomic E-state index is 0.536. The Morgan fingerprint density at radius 3 is 2.58 bits per heavy atom. The number of piperazine rings is 1. The molecule has 0 bridgehead atoms. The van der Waals surface area contributed by atoms with Gasteiger partial charge < -0.3 is 15.5 Å². The molecule has 5 rings (SSSR count). The first-order valence-corrected chi connectivity index (χ1v) is 11.2. The molecule has 0 atom stereocenters. The van der Waals surface area contributed by atoms with Gasteiger partial charge in [0.1, 0.15) is 5.82 Å². The Balaban J connectivity index is 1.26. The summed E-state index contributed by atoms with van der Waals surface area (Å²) in [6.07, 6.45) is 3.46. The van der Waals surface area contributed by atoms with Crippen LogP contribution < -0.4 is 10.6 Å². The quantitative estimate of drug-likeness (QED) is 0.466. The van der Waals surface area contributed by atoms with E-state index in [4.69, 9.17) is 0 Å². The van der Waals surface area contributed by atoms with Gasteiger partial charge in [0.25, 0.3) is 0 Å². The summed E-state index contributed by atoms with van der Waals surface area (Å²) in [4.78, 5) is 13.9. The number of fused-ring (bicyclic) bond motifs is 1. The van der Waals surface area contributed by atoms with Crippen LogP contribution in [0.15, 0.2) is 60.9 Å². The van der Waals surface area contributed by atoms with Crippen LogP contribution >= 0.6 is 0 Å². The molecule has 1 saturated heterocycles. The molecule has 0 aliphatic carbocycles. The van der Waals surface area contributed by atoms with Crippen molar-refractivity contribution in [1.29, 1.82) is 0 Å². The fourth-order valence-electron chi connectivity index (χ4n) is 4.04. The van der Waals surface area contributed by atoms with Crippen molar-refractivity contribution >= 4 is 34.0 Å². The fourth-order valence-corrected chi connectivity index (χ4v) is 4.04. The third-order valence-electron chi connectivity index (χ3n) is 6.00. The van der Waals surface area contributed by atoms with Crippen molar-refractivity contribution in [3.8, 4) is 0 Å². The number of anilines is 4. The summed E-state index contributed by atoms with van der Waals surface area (Å²) in [5.74, 6) is 1.23. The van der Waals surface area contributed by atoms with E-state index in [0.717, 1.165) is 60.6 Å². The maximum Gasteiger partial charge on any atom is 0.229 e. The van der Waals surface area contributed by atoms with Crippen LogP contribution in [-0.2, 0) is 6.54 Å². The summed E-state index contributed by atoms with van der Waals surface area (Å²) in [7, 11) is 2.18. The number of nitrogens with zero attached hydrogens (tertiary/aromatic N) is 6. The zero-order chi connectivity index (χ0) is 22.6. The standard InChI is InChI=1S/C25H28N8/c1-18-4-3-5-21-22(16-27-31-24(18)21)29-23-10-11-26-25(30-23)28-20-8-6-19(7-9-20)17-33-14-12-32(2)13-15-33/h3-11,16H,12-15,17H2,1-2H3,(H2,26,28,29,30,31). The third-order valence-corrected chi connectivity index (χ3v) is 6.00. The van der Waals surface area contributed by atoms with Crippen LogP contribution in [0.2, 0.25) is 0 Å². The van der Waals surface area contributed by atoms with Gasteiger partial charge in [-0.25, -0.2) is 4.98 Å². The average molecular weight is 441 g/mol. The van der Waals surface area contributed by atoms with Gasteiger partial charge >= 0.3 is 0 Å². The Labute approximate surface area is 193 Å². The Bertz CT molecular complexity index is 1230. The topological polar surface area (TPSA) is 82.1 Å². The van der Waals surface area contributed by atoms with Crippen molar-refractivity contribution in [2.75, 3.05) is 43.9 Å². The van der Waals surface area contributed by atoms with Gasteiger partial charge in [0.15, 0.2) is 0 Å². The minimum Gasteiger partial charge on any atom is -0.338 e. The average Bonchev–Trinajstić information content (AvgIpc) is 2.83. The number of aromatic nitrogens is 4. The Morgan fingerprint density at radius 1 is 0.939 bits per heavy atom. The maximum absolute atomic E-state index is 4.62. The summed E-state index contributed by atoms with van der Waals surface area (Å²) in [5.41, 5.74) is 5.10. The zero-order valence-corrected chi connectivity index (χ0v) is 19.0. The predicted octanol–water partition coefficient (Wildman–Crippen LogP) is 3.96. The molecule has 0 radical (unpaired) electrons. The summed E-state index contributed by atoms with van der Waals surface area (Å²) in [5, 5.41) is 16.1. The van der Waals surface area contributed by atoms with Gasteiger partial charge in [-0.15, -0.1) is 0 Å². The molecule has 4 aromatic rings. The number of aryl methyl sites for hydroxylation is 1. The van der Waals surface area contributed by atoms with Crippen LogP contribution in [-0.4, -0.2) is 63.2 Å². The van der Waals surface area contributed by atoms with Crippen molar-refractivity contribution in [1.82, 2.24) is 30.0 Å². The van der Waals surface area contributed by atoms with Crippen LogP contribution in [0.25, 0.3) is 10.9 Å². The molecule has 0 spiro atoms.